The average Bonchev–Trinajstić information content (AvgIpc) is 2.49. The predicted molar refractivity (Wildman–Crippen MR) is 81.3 cm³/mol. The Morgan fingerprint density at radius 3 is 2.80 bits per heavy atom. The first-order chi connectivity index (χ1) is 9.81. The predicted octanol–water partition coefficient (Wildman–Crippen LogP) is 1.46. The maximum Gasteiger partial charge on any atom is 0.224 e. The second-order valence-electron chi connectivity index (χ2n) is 4.87. The summed E-state index contributed by atoms with van der Waals surface area (Å²) in [4.78, 5) is 14.2. The fourth-order valence-electron chi connectivity index (χ4n) is 2.30. The molecule has 0 aromatic heterocycles. The number of benzene rings is 1. The summed E-state index contributed by atoms with van der Waals surface area (Å²) in [6.07, 6.45) is 1.39. The van der Waals surface area contributed by atoms with Crippen LogP contribution in [0, 0.1) is 0 Å². The van der Waals surface area contributed by atoms with Crippen LogP contribution in [0.25, 0.3) is 0 Å². The highest BCUT2D eigenvalue weighted by atomic mass is 16.5. The van der Waals surface area contributed by atoms with Gasteiger partial charge in [-0.2, -0.15) is 0 Å². The summed E-state index contributed by atoms with van der Waals surface area (Å²) in [7, 11) is 1.89. The van der Waals surface area contributed by atoms with Crippen LogP contribution in [0.15, 0.2) is 24.3 Å². The van der Waals surface area contributed by atoms with E-state index in [9.17, 15) is 4.79 Å². The molecule has 2 N–H and O–H groups in total. The minimum Gasteiger partial charge on any atom is -0.378 e. The molecule has 1 amide bonds. The molecule has 1 saturated heterocycles. The second kappa shape index (κ2) is 7.87. The van der Waals surface area contributed by atoms with Crippen LogP contribution in [-0.4, -0.2) is 45.8 Å². The number of carbonyl (C=O) groups is 1. The van der Waals surface area contributed by atoms with Crippen LogP contribution < -0.4 is 15.5 Å². The molecule has 0 bridgehead atoms. The van der Waals surface area contributed by atoms with Gasteiger partial charge >= 0.3 is 0 Å². The Labute approximate surface area is 120 Å². The van der Waals surface area contributed by atoms with Gasteiger partial charge in [0.05, 0.1) is 24.6 Å². The largest absolute Gasteiger partial charge is 0.378 e. The van der Waals surface area contributed by atoms with E-state index < -0.39 is 0 Å². The summed E-state index contributed by atoms with van der Waals surface area (Å²) >= 11 is 0. The smallest absolute Gasteiger partial charge is 0.224 e. The maximum absolute atomic E-state index is 11.9. The molecule has 0 spiro atoms. The van der Waals surface area contributed by atoms with E-state index in [0.29, 0.717) is 6.42 Å². The molecular formula is C15H23N3O2. The molecule has 0 saturated carbocycles. The SMILES string of the molecule is CNCCCC(=O)Nc1ccccc1N1CCOCC1. The van der Waals surface area contributed by atoms with Gasteiger partial charge in [-0.1, -0.05) is 12.1 Å². The lowest BCUT2D eigenvalue weighted by Crippen LogP contribution is -2.36. The molecule has 0 radical (unpaired) electrons. The number of rotatable bonds is 6. The van der Waals surface area contributed by atoms with Crippen LogP contribution in [0.3, 0.4) is 0 Å². The van der Waals surface area contributed by atoms with Crippen molar-refractivity contribution in [2.75, 3.05) is 50.1 Å². The quantitative estimate of drug-likeness (QED) is 0.773. The topological polar surface area (TPSA) is 53.6 Å². The van der Waals surface area contributed by atoms with E-state index in [1.54, 1.807) is 0 Å². The third-order valence-corrected chi connectivity index (χ3v) is 3.36. The highest BCUT2D eigenvalue weighted by molar-refractivity contribution is 5.94. The number of morpholine rings is 1. The van der Waals surface area contributed by atoms with Crippen molar-refractivity contribution in [1.29, 1.82) is 0 Å². The zero-order valence-electron chi connectivity index (χ0n) is 12.0. The number of carbonyl (C=O) groups excluding carboxylic acids is 1. The molecule has 1 aliphatic heterocycles. The van der Waals surface area contributed by atoms with Gasteiger partial charge in [-0.3, -0.25) is 4.79 Å². The number of anilines is 2. The molecular weight excluding hydrogens is 254 g/mol. The lowest BCUT2D eigenvalue weighted by atomic mass is 10.2. The number of para-hydroxylation sites is 2. The van der Waals surface area contributed by atoms with Gasteiger partial charge in [0.2, 0.25) is 5.91 Å². The van der Waals surface area contributed by atoms with E-state index >= 15 is 0 Å². The number of hydrogen-bond acceptors (Lipinski definition) is 4. The molecule has 0 atom stereocenters. The number of nitrogens with zero attached hydrogens (tertiary/aromatic N) is 1. The Bertz CT molecular complexity index is 431. The van der Waals surface area contributed by atoms with E-state index in [-0.39, 0.29) is 5.91 Å². The monoisotopic (exact) mass is 277 g/mol. The zero-order valence-corrected chi connectivity index (χ0v) is 12.0. The number of ether oxygens (including phenoxy) is 1. The lowest BCUT2D eigenvalue weighted by Gasteiger charge is -2.30. The standard InChI is InChI=1S/C15H23N3O2/c1-16-8-4-7-15(19)17-13-5-2-3-6-14(13)18-9-11-20-12-10-18/h2-3,5-6,16H,4,7-12H2,1H3,(H,17,19). The van der Waals surface area contributed by atoms with Crippen LogP contribution in [0.4, 0.5) is 11.4 Å². The van der Waals surface area contributed by atoms with Gasteiger partial charge in [0.25, 0.3) is 0 Å². The summed E-state index contributed by atoms with van der Waals surface area (Å²) in [5.74, 6) is 0.0703. The van der Waals surface area contributed by atoms with Crippen molar-refractivity contribution in [2.45, 2.75) is 12.8 Å². The van der Waals surface area contributed by atoms with Gasteiger partial charge in [0.15, 0.2) is 0 Å². The van der Waals surface area contributed by atoms with Crippen LogP contribution in [0.5, 0.6) is 0 Å². The van der Waals surface area contributed by atoms with E-state index in [2.05, 4.69) is 21.6 Å². The Balaban J connectivity index is 1.98. The number of amides is 1. The Morgan fingerprint density at radius 2 is 2.05 bits per heavy atom. The van der Waals surface area contributed by atoms with Crippen molar-refractivity contribution in [1.82, 2.24) is 5.32 Å². The molecule has 1 fully saturated rings. The molecule has 0 aliphatic carbocycles. The van der Waals surface area contributed by atoms with Crippen LogP contribution >= 0.6 is 0 Å². The van der Waals surface area contributed by atoms with E-state index in [1.807, 2.05) is 25.2 Å². The molecule has 1 aliphatic rings. The highest BCUT2D eigenvalue weighted by Crippen LogP contribution is 2.26. The first-order valence-electron chi connectivity index (χ1n) is 7.17. The van der Waals surface area contributed by atoms with Crippen molar-refractivity contribution in [2.24, 2.45) is 0 Å². The van der Waals surface area contributed by atoms with Crippen molar-refractivity contribution in [3.63, 3.8) is 0 Å². The van der Waals surface area contributed by atoms with Gasteiger partial charge in [0.1, 0.15) is 0 Å². The van der Waals surface area contributed by atoms with Crippen LogP contribution in [-0.2, 0) is 9.53 Å². The molecule has 110 valence electrons. The third-order valence-electron chi connectivity index (χ3n) is 3.36. The van der Waals surface area contributed by atoms with Gasteiger partial charge < -0.3 is 20.3 Å². The molecule has 5 nitrogen and oxygen atoms in total. The Kier molecular flexibility index (Phi) is 5.83. The van der Waals surface area contributed by atoms with Crippen molar-refractivity contribution in [3.05, 3.63) is 24.3 Å². The van der Waals surface area contributed by atoms with Gasteiger partial charge in [-0.15, -0.1) is 0 Å². The summed E-state index contributed by atoms with van der Waals surface area (Å²) in [6.45, 7) is 4.08. The molecule has 0 unspecified atom stereocenters. The zero-order chi connectivity index (χ0) is 14.2. The maximum atomic E-state index is 11.9. The fourth-order valence-corrected chi connectivity index (χ4v) is 2.30. The lowest BCUT2D eigenvalue weighted by molar-refractivity contribution is -0.116. The number of hydrogen-bond donors (Lipinski definition) is 2. The Hall–Kier alpha value is -1.59. The van der Waals surface area contributed by atoms with E-state index in [4.69, 9.17) is 4.74 Å². The molecule has 1 aromatic carbocycles. The first kappa shape index (κ1) is 14.8. The molecule has 2 rings (SSSR count). The van der Waals surface area contributed by atoms with E-state index in [1.165, 1.54) is 0 Å². The van der Waals surface area contributed by atoms with Gasteiger partial charge in [0, 0.05) is 19.5 Å². The van der Waals surface area contributed by atoms with Crippen molar-refractivity contribution >= 4 is 17.3 Å². The minimum atomic E-state index is 0.0703. The fraction of sp³-hybridized carbons (Fsp3) is 0.533. The Morgan fingerprint density at radius 1 is 1.30 bits per heavy atom. The van der Waals surface area contributed by atoms with Crippen LogP contribution in [0.1, 0.15) is 12.8 Å². The van der Waals surface area contributed by atoms with Crippen LogP contribution in [0.2, 0.25) is 0 Å². The van der Waals surface area contributed by atoms with Crippen molar-refractivity contribution in [3.8, 4) is 0 Å². The van der Waals surface area contributed by atoms with E-state index in [0.717, 1.165) is 50.6 Å². The first-order valence-corrected chi connectivity index (χ1v) is 7.17. The summed E-state index contributed by atoms with van der Waals surface area (Å²) < 4.78 is 5.37. The average molecular weight is 277 g/mol. The molecule has 1 aromatic rings. The molecule has 20 heavy (non-hydrogen) atoms. The summed E-state index contributed by atoms with van der Waals surface area (Å²) in [5.41, 5.74) is 1.97. The summed E-state index contributed by atoms with van der Waals surface area (Å²) in [5, 5.41) is 6.07. The normalized spacial score (nSPS) is 15.2. The van der Waals surface area contributed by atoms with Crippen molar-refractivity contribution < 1.29 is 9.53 Å². The highest BCUT2D eigenvalue weighted by Gasteiger charge is 2.15. The minimum absolute atomic E-state index is 0.0703. The second-order valence-corrected chi connectivity index (χ2v) is 4.87. The third kappa shape index (κ3) is 4.21. The molecule has 5 heteroatoms. The van der Waals surface area contributed by atoms with Gasteiger partial charge in [-0.25, -0.2) is 0 Å². The number of nitrogens with one attached hydrogen (secondary N) is 2. The summed E-state index contributed by atoms with van der Waals surface area (Å²) in [6, 6.07) is 7.96. The van der Waals surface area contributed by atoms with Gasteiger partial charge in [-0.05, 0) is 32.1 Å². The molecule has 1 heterocycles.